The van der Waals surface area contributed by atoms with E-state index >= 15 is 0 Å². The van der Waals surface area contributed by atoms with Gasteiger partial charge in [-0.2, -0.15) is 13.2 Å². The maximum Gasteiger partial charge on any atom is 0.389 e. The monoisotopic (exact) mass is 363 g/mol. The molecule has 2 aliphatic rings. The van der Waals surface area contributed by atoms with E-state index in [1.165, 1.54) is 12.8 Å². The zero-order valence-electron chi connectivity index (χ0n) is 15.5. The molecule has 0 saturated carbocycles. The van der Waals surface area contributed by atoms with Gasteiger partial charge in [-0.1, -0.05) is 0 Å². The summed E-state index contributed by atoms with van der Waals surface area (Å²) in [4.78, 5) is 18.6. The Morgan fingerprint density at radius 1 is 1.08 bits per heavy atom. The van der Waals surface area contributed by atoms with E-state index in [-0.39, 0.29) is 5.91 Å². The molecule has 2 heterocycles. The SMILES string of the molecule is CCN(CC1CCN(C2CCN(C)CC2)CC1)C(=O)CCC(F)(F)F. The van der Waals surface area contributed by atoms with Gasteiger partial charge in [-0.05, 0) is 71.8 Å². The molecule has 2 rings (SSSR count). The summed E-state index contributed by atoms with van der Waals surface area (Å²) < 4.78 is 36.9. The molecular weight excluding hydrogens is 331 g/mol. The zero-order chi connectivity index (χ0) is 18.4. The fourth-order valence-corrected chi connectivity index (χ4v) is 3.99. The predicted molar refractivity (Wildman–Crippen MR) is 92.4 cm³/mol. The number of nitrogens with zero attached hydrogens (tertiary/aromatic N) is 3. The van der Waals surface area contributed by atoms with E-state index < -0.39 is 19.0 Å². The number of hydrogen-bond acceptors (Lipinski definition) is 3. The highest BCUT2D eigenvalue weighted by Gasteiger charge is 2.31. The Morgan fingerprint density at radius 2 is 1.68 bits per heavy atom. The summed E-state index contributed by atoms with van der Waals surface area (Å²) in [5, 5.41) is 0. The molecule has 146 valence electrons. The maximum absolute atomic E-state index is 12.3. The molecule has 0 bridgehead atoms. The Balaban J connectivity index is 1.73. The van der Waals surface area contributed by atoms with Gasteiger partial charge in [-0.3, -0.25) is 4.79 Å². The minimum atomic E-state index is -4.26. The largest absolute Gasteiger partial charge is 0.389 e. The Labute approximate surface area is 149 Å². The van der Waals surface area contributed by atoms with E-state index in [2.05, 4.69) is 16.8 Å². The number of hydrogen-bond donors (Lipinski definition) is 0. The fourth-order valence-electron chi connectivity index (χ4n) is 3.99. The summed E-state index contributed by atoms with van der Waals surface area (Å²) >= 11 is 0. The normalized spacial score (nSPS) is 22.3. The van der Waals surface area contributed by atoms with Crippen molar-refractivity contribution in [2.24, 2.45) is 5.92 Å². The van der Waals surface area contributed by atoms with Crippen molar-refractivity contribution in [3.05, 3.63) is 0 Å². The van der Waals surface area contributed by atoms with Crippen molar-refractivity contribution in [1.29, 1.82) is 0 Å². The Hall–Kier alpha value is -0.820. The van der Waals surface area contributed by atoms with Gasteiger partial charge >= 0.3 is 6.18 Å². The topological polar surface area (TPSA) is 26.8 Å². The van der Waals surface area contributed by atoms with Gasteiger partial charge in [-0.25, -0.2) is 0 Å². The number of carbonyl (C=O) groups excluding carboxylic acids is 1. The fraction of sp³-hybridized carbons (Fsp3) is 0.944. The molecular formula is C18H32F3N3O. The van der Waals surface area contributed by atoms with Crippen LogP contribution in [0.1, 0.15) is 45.4 Å². The first-order valence-electron chi connectivity index (χ1n) is 9.55. The summed E-state index contributed by atoms with van der Waals surface area (Å²) in [7, 11) is 2.16. The van der Waals surface area contributed by atoms with E-state index in [9.17, 15) is 18.0 Å². The van der Waals surface area contributed by atoms with Crippen LogP contribution in [-0.4, -0.2) is 79.1 Å². The Bertz CT molecular complexity index is 414. The smallest absolute Gasteiger partial charge is 0.343 e. The molecule has 0 N–H and O–H groups in total. The molecule has 0 aromatic rings. The van der Waals surface area contributed by atoms with Crippen molar-refractivity contribution in [3.8, 4) is 0 Å². The van der Waals surface area contributed by atoms with Crippen LogP contribution in [0.15, 0.2) is 0 Å². The number of rotatable bonds is 6. The highest BCUT2D eigenvalue weighted by Crippen LogP contribution is 2.25. The van der Waals surface area contributed by atoms with Gasteiger partial charge in [0.25, 0.3) is 0 Å². The van der Waals surface area contributed by atoms with Crippen LogP contribution in [-0.2, 0) is 4.79 Å². The van der Waals surface area contributed by atoms with Gasteiger partial charge in [0.05, 0.1) is 6.42 Å². The summed E-state index contributed by atoms with van der Waals surface area (Å²) in [6.07, 6.45) is -1.18. The molecule has 7 heteroatoms. The predicted octanol–water partition coefficient (Wildman–Crippen LogP) is 2.98. The highest BCUT2D eigenvalue weighted by atomic mass is 19.4. The van der Waals surface area contributed by atoms with Crippen LogP contribution in [0.5, 0.6) is 0 Å². The van der Waals surface area contributed by atoms with Crippen LogP contribution < -0.4 is 0 Å². The first-order chi connectivity index (χ1) is 11.8. The molecule has 0 atom stereocenters. The molecule has 0 radical (unpaired) electrons. The lowest BCUT2D eigenvalue weighted by atomic mass is 9.93. The minimum absolute atomic E-state index is 0.363. The molecule has 0 aromatic carbocycles. The quantitative estimate of drug-likeness (QED) is 0.726. The number of carbonyl (C=O) groups is 1. The molecule has 2 fully saturated rings. The minimum Gasteiger partial charge on any atom is -0.343 e. The lowest BCUT2D eigenvalue weighted by Gasteiger charge is -2.41. The molecule has 0 aromatic heterocycles. The lowest BCUT2D eigenvalue weighted by molar-refractivity contribution is -0.149. The highest BCUT2D eigenvalue weighted by molar-refractivity contribution is 5.76. The van der Waals surface area contributed by atoms with Gasteiger partial charge < -0.3 is 14.7 Å². The van der Waals surface area contributed by atoms with Crippen LogP contribution in [0.4, 0.5) is 13.2 Å². The molecule has 25 heavy (non-hydrogen) atoms. The molecule has 0 spiro atoms. The number of halogens is 3. The van der Waals surface area contributed by atoms with Gasteiger partial charge in [0.15, 0.2) is 0 Å². The van der Waals surface area contributed by atoms with Crippen LogP contribution in [0.3, 0.4) is 0 Å². The summed E-state index contributed by atoms with van der Waals surface area (Å²) in [5.74, 6) is 0.0508. The average Bonchev–Trinajstić information content (AvgIpc) is 2.58. The molecule has 2 saturated heterocycles. The zero-order valence-corrected chi connectivity index (χ0v) is 15.5. The second-order valence-electron chi connectivity index (χ2n) is 7.56. The van der Waals surface area contributed by atoms with Crippen LogP contribution in [0, 0.1) is 5.92 Å². The molecule has 4 nitrogen and oxygen atoms in total. The van der Waals surface area contributed by atoms with Crippen LogP contribution in [0.2, 0.25) is 0 Å². The summed E-state index contributed by atoms with van der Waals surface area (Å²) in [5.41, 5.74) is 0. The first kappa shape index (κ1) is 20.5. The molecule has 2 aliphatic heterocycles. The van der Waals surface area contributed by atoms with Gasteiger partial charge in [0.2, 0.25) is 5.91 Å². The van der Waals surface area contributed by atoms with Crippen molar-refractivity contribution in [1.82, 2.24) is 14.7 Å². The third-order valence-corrected chi connectivity index (χ3v) is 5.69. The molecule has 0 unspecified atom stereocenters. The summed E-state index contributed by atoms with van der Waals surface area (Å²) in [6.45, 7) is 7.35. The van der Waals surface area contributed by atoms with Crippen molar-refractivity contribution >= 4 is 5.91 Å². The number of alkyl halides is 3. The van der Waals surface area contributed by atoms with Crippen molar-refractivity contribution in [3.63, 3.8) is 0 Å². The third kappa shape index (κ3) is 6.77. The van der Waals surface area contributed by atoms with Gasteiger partial charge in [0.1, 0.15) is 0 Å². The van der Waals surface area contributed by atoms with E-state index in [1.54, 1.807) is 4.90 Å². The molecule has 0 aliphatic carbocycles. The van der Waals surface area contributed by atoms with Gasteiger partial charge in [-0.15, -0.1) is 0 Å². The third-order valence-electron chi connectivity index (χ3n) is 5.69. The van der Waals surface area contributed by atoms with Gasteiger partial charge in [0, 0.05) is 25.6 Å². The van der Waals surface area contributed by atoms with Crippen molar-refractivity contribution in [2.45, 2.75) is 57.7 Å². The summed E-state index contributed by atoms with van der Waals surface area (Å²) in [6, 6.07) is 0.674. The maximum atomic E-state index is 12.3. The standard InChI is InChI=1S/C18H32F3N3O/c1-3-23(17(25)4-9-18(19,20)21)14-15-5-12-24(13-6-15)16-7-10-22(2)11-8-16/h15-16H,3-14H2,1-2H3. The van der Waals surface area contributed by atoms with Crippen molar-refractivity contribution in [2.75, 3.05) is 46.3 Å². The molecule has 1 amide bonds. The average molecular weight is 363 g/mol. The Kier molecular flexibility index (Phi) is 7.55. The number of amides is 1. The van der Waals surface area contributed by atoms with E-state index in [4.69, 9.17) is 0 Å². The van der Waals surface area contributed by atoms with Crippen LogP contribution >= 0.6 is 0 Å². The Morgan fingerprint density at radius 3 is 2.20 bits per heavy atom. The van der Waals surface area contributed by atoms with E-state index in [0.29, 0.717) is 25.0 Å². The van der Waals surface area contributed by atoms with Crippen LogP contribution in [0.25, 0.3) is 0 Å². The second-order valence-corrected chi connectivity index (χ2v) is 7.56. The first-order valence-corrected chi connectivity index (χ1v) is 9.55. The number of piperidine rings is 2. The van der Waals surface area contributed by atoms with E-state index in [0.717, 1.165) is 39.0 Å². The second kappa shape index (κ2) is 9.21. The van der Waals surface area contributed by atoms with E-state index in [1.807, 2.05) is 6.92 Å². The van der Waals surface area contributed by atoms with Crippen molar-refractivity contribution < 1.29 is 18.0 Å². The number of likely N-dealkylation sites (tertiary alicyclic amines) is 2. The lowest BCUT2D eigenvalue weighted by Crippen LogP contribution is -2.48.